The number of carboxylic acid groups (broad SMARTS) is 1. The summed E-state index contributed by atoms with van der Waals surface area (Å²) in [6, 6.07) is -0.165. The molecule has 2 aliphatic carbocycles. The first-order valence-corrected chi connectivity index (χ1v) is 7.08. The molecule has 0 aromatic heterocycles. The van der Waals surface area contributed by atoms with E-state index in [9.17, 15) is 14.7 Å². The number of carbonyl (C=O) groups is 2. The summed E-state index contributed by atoms with van der Waals surface area (Å²) < 4.78 is 5.11. The van der Waals surface area contributed by atoms with Crippen LogP contribution in [0.5, 0.6) is 0 Å². The van der Waals surface area contributed by atoms with Gasteiger partial charge in [0.15, 0.2) is 0 Å². The molecule has 5 atom stereocenters. The smallest absolute Gasteiger partial charge is 0.308 e. The Labute approximate surface area is 113 Å². The summed E-state index contributed by atoms with van der Waals surface area (Å²) in [5.41, 5.74) is 0. The Kier molecular flexibility index (Phi) is 4.45. The maximum atomic E-state index is 11.9. The van der Waals surface area contributed by atoms with E-state index in [-0.39, 0.29) is 29.9 Å². The highest BCUT2D eigenvalue weighted by Crippen LogP contribution is 2.48. The Balaban J connectivity index is 1.87. The van der Waals surface area contributed by atoms with E-state index in [0.29, 0.717) is 18.8 Å². The van der Waals surface area contributed by atoms with E-state index >= 15 is 0 Å². The lowest BCUT2D eigenvalue weighted by molar-refractivity contribution is -0.144. The minimum Gasteiger partial charge on any atom is -0.481 e. The van der Waals surface area contributed by atoms with E-state index in [0.717, 1.165) is 19.3 Å². The van der Waals surface area contributed by atoms with Crippen LogP contribution in [0.15, 0.2) is 0 Å². The van der Waals surface area contributed by atoms with Crippen molar-refractivity contribution in [1.29, 1.82) is 0 Å². The van der Waals surface area contributed by atoms with Crippen molar-refractivity contribution in [2.75, 3.05) is 7.11 Å². The van der Waals surface area contributed by atoms with Gasteiger partial charge in [0.25, 0.3) is 0 Å². The first-order valence-electron chi connectivity index (χ1n) is 7.08. The van der Waals surface area contributed by atoms with Gasteiger partial charge in [-0.1, -0.05) is 0 Å². The third kappa shape index (κ3) is 3.08. The van der Waals surface area contributed by atoms with Crippen LogP contribution < -0.4 is 5.32 Å². The first-order chi connectivity index (χ1) is 9.02. The molecule has 2 bridgehead atoms. The summed E-state index contributed by atoms with van der Waals surface area (Å²) in [6.07, 6.45) is 4.12. The van der Waals surface area contributed by atoms with Crippen LogP contribution in [0.25, 0.3) is 0 Å². The fourth-order valence-electron chi connectivity index (χ4n) is 3.56. The van der Waals surface area contributed by atoms with E-state index in [1.54, 1.807) is 7.11 Å². The summed E-state index contributed by atoms with van der Waals surface area (Å²) in [4.78, 5) is 23.2. The van der Waals surface area contributed by atoms with E-state index in [1.807, 2.05) is 6.92 Å². The van der Waals surface area contributed by atoms with Gasteiger partial charge in [-0.05, 0) is 44.4 Å². The molecule has 0 aromatic carbocycles. The maximum absolute atomic E-state index is 11.9. The Morgan fingerprint density at radius 3 is 2.68 bits per heavy atom. The molecule has 0 spiro atoms. The number of carboxylic acids is 1. The number of hydrogen-bond donors (Lipinski definition) is 2. The van der Waals surface area contributed by atoms with Gasteiger partial charge < -0.3 is 15.2 Å². The molecule has 5 nitrogen and oxygen atoms in total. The van der Waals surface area contributed by atoms with Crippen LogP contribution in [0, 0.1) is 17.8 Å². The van der Waals surface area contributed by atoms with E-state index in [2.05, 4.69) is 5.32 Å². The molecule has 0 heterocycles. The zero-order valence-electron chi connectivity index (χ0n) is 11.6. The summed E-state index contributed by atoms with van der Waals surface area (Å²) in [5, 5.41) is 12.2. The molecule has 5 heteroatoms. The molecular formula is C14H23NO4. The molecule has 5 unspecified atom stereocenters. The van der Waals surface area contributed by atoms with E-state index < -0.39 is 5.97 Å². The van der Waals surface area contributed by atoms with Crippen LogP contribution in [0.1, 0.15) is 39.0 Å². The van der Waals surface area contributed by atoms with Gasteiger partial charge in [-0.15, -0.1) is 0 Å². The van der Waals surface area contributed by atoms with Gasteiger partial charge in [-0.2, -0.15) is 0 Å². The van der Waals surface area contributed by atoms with Crippen LogP contribution in [0.3, 0.4) is 0 Å². The fourth-order valence-corrected chi connectivity index (χ4v) is 3.56. The van der Waals surface area contributed by atoms with Gasteiger partial charge in [0, 0.05) is 19.6 Å². The quantitative estimate of drug-likeness (QED) is 0.764. The summed E-state index contributed by atoms with van der Waals surface area (Å²) in [5.74, 6) is -0.585. The van der Waals surface area contributed by atoms with Crippen molar-refractivity contribution in [1.82, 2.24) is 5.32 Å². The number of carbonyl (C=O) groups excluding carboxylic acids is 1. The van der Waals surface area contributed by atoms with Crippen LogP contribution in [0.4, 0.5) is 0 Å². The molecule has 0 aromatic rings. The van der Waals surface area contributed by atoms with Crippen molar-refractivity contribution < 1.29 is 19.4 Å². The lowest BCUT2D eigenvalue weighted by Crippen LogP contribution is -2.46. The standard InChI is InChI=1S/C14H23NO4/c1-8(19-2)3-6-11(16)15-13-10-5-4-9(7-10)12(13)14(17)18/h8-10,12-13H,3-7H2,1-2H3,(H,15,16)(H,17,18). The third-order valence-electron chi connectivity index (χ3n) is 4.71. The second-order valence-corrected chi connectivity index (χ2v) is 5.88. The first kappa shape index (κ1) is 14.3. The van der Waals surface area contributed by atoms with Gasteiger partial charge in [0.05, 0.1) is 12.0 Å². The summed E-state index contributed by atoms with van der Waals surface area (Å²) in [7, 11) is 1.62. The molecular weight excluding hydrogens is 246 g/mol. The average Bonchev–Trinajstić information content (AvgIpc) is 2.96. The SMILES string of the molecule is COC(C)CCC(=O)NC1C2CCC(C2)C1C(=O)O. The van der Waals surface area contributed by atoms with Crippen molar-refractivity contribution in [3.05, 3.63) is 0 Å². The summed E-state index contributed by atoms with van der Waals surface area (Å²) >= 11 is 0. The van der Waals surface area contributed by atoms with Crippen molar-refractivity contribution in [2.45, 2.75) is 51.2 Å². The Morgan fingerprint density at radius 2 is 2.05 bits per heavy atom. The molecule has 0 radical (unpaired) electrons. The number of fused-ring (bicyclic) bond motifs is 2. The van der Waals surface area contributed by atoms with Crippen LogP contribution in [0.2, 0.25) is 0 Å². The zero-order valence-corrected chi connectivity index (χ0v) is 11.6. The van der Waals surface area contributed by atoms with Crippen LogP contribution >= 0.6 is 0 Å². The van der Waals surface area contributed by atoms with Gasteiger partial charge in [-0.3, -0.25) is 9.59 Å². The highest BCUT2D eigenvalue weighted by atomic mass is 16.5. The van der Waals surface area contributed by atoms with Crippen molar-refractivity contribution in [3.8, 4) is 0 Å². The molecule has 0 aliphatic heterocycles. The van der Waals surface area contributed by atoms with Crippen LogP contribution in [-0.4, -0.2) is 36.2 Å². The number of aliphatic carboxylic acids is 1. The lowest BCUT2D eigenvalue weighted by atomic mass is 9.84. The second-order valence-electron chi connectivity index (χ2n) is 5.88. The van der Waals surface area contributed by atoms with Crippen molar-refractivity contribution >= 4 is 11.9 Å². The Hall–Kier alpha value is -1.10. The van der Waals surface area contributed by atoms with Crippen molar-refractivity contribution in [2.24, 2.45) is 17.8 Å². The molecule has 2 fully saturated rings. The topological polar surface area (TPSA) is 75.6 Å². The van der Waals surface area contributed by atoms with Gasteiger partial charge >= 0.3 is 5.97 Å². The number of methoxy groups -OCH3 is 1. The fraction of sp³-hybridized carbons (Fsp3) is 0.857. The number of ether oxygens (including phenoxy) is 1. The van der Waals surface area contributed by atoms with Gasteiger partial charge in [0.2, 0.25) is 5.91 Å². The molecule has 2 aliphatic rings. The van der Waals surface area contributed by atoms with E-state index in [4.69, 9.17) is 4.74 Å². The number of amides is 1. The molecule has 2 N–H and O–H groups in total. The highest BCUT2D eigenvalue weighted by molar-refractivity contribution is 5.78. The molecule has 0 saturated heterocycles. The second kappa shape index (κ2) is 5.90. The Bertz CT molecular complexity index is 357. The van der Waals surface area contributed by atoms with Gasteiger partial charge in [-0.25, -0.2) is 0 Å². The predicted molar refractivity (Wildman–Crippen MR) is 69.6 cm³/mol. The molecule has 1 amide bonds. The van der Waals surface area contributed by atoms with Gasteiger partial charge in [0.1, 0.15) is 0 Å². The number of hydrogen-bond acceptors (Lipinski definition) is 3. The maximum Gasteiger partial charge on any atom is 0.308 e. The van der Waals surface area contributed by atoms with Crippen molar-refractivity contribution in [3.63, 3.8) is 0 Å². The summed E-state index contributed by atoms with van der Waals surface area (Å²) in [6.45, 7) is 1.92. The van der Waals surface area contributed by atoms with Crippen LogP contribution in [-0.2, 0) is 14.3 Å². The average molecular weight is 269 g/mol. The Morgan fingerprint density at radius 1 is 1.37 bits per heavy atom. The monoisotopic (exact) mass is 269 g/mol. The lowest BCUT2D eigenvalue weighted by Gasteiger charge is -2.29. The minimum absolute atomic E-state index is 0.0484. The number of rotatable bonds is 6. The molecule has 108 valence electrons. The highest BCUT2D eigenvalue weighted by Gasteiger charge is 2.51. The third-order valence-corrected chi connectivity index (χ3v) is 4.71. The number of nitrogens with one attached hydrogen (secondary N) is 1. The van der Waals surface area contributed by atoms with E-state index in [1.165, 1.54) is 0 Å². The molecule has 19 heavy (non-hydrogen) atoms. The predicted octanol–water partition coefficient (Wildman–Crippen LogP) is 1.42. The minimum atomic E-state index is -0.761. The largest absolute Gasteiger partial charge is 0.481 e. The zero-order chi connectivity index (χ0) is 14.0. The molecule has 2 saturated carbocycles. The normalized spacial score (nSPS) is 34.2. The molecule has 2 rings (SSSR count).